The van der Waals surface area contributed by atoms with Gasteiger partial charge < -0.3 is 16.4 Å². The van der Waals surface area contributed by atoms with Crippen LogP contribution in [0.25, 0.3) is 0 Å². The van der Waals surface area contributed by atoms with Gasteiger partial charge >= 0.3 is 0 Å². The summed E-state index contributed by atoms with van der Waals surface area (Å²) in [6, 6.07) is 11.3. The van der Waals surface area contributed by atoms with Crippen molar-refractivity contribution in [2.24, 2.45) is 0 Å². The van der Waals surface area contributed by atoms with E-state index in [1.165, 1.54) is 6.20 Å². The molecule has 1 aromatic heterocycles. The maximum Gasteiger partial charge on any atom is 0.239 e. The number of carbonyl (C=O) groups excluding carboxylic acids is 1. The van der Waals surface area contributed by atoms with Crippen LogP contribution >= 0.6 is 0 Å². The van der Waals surface area contributed by atoms with Crippen LogP contribution in [0.1, 0.15) is 5.56 Å². The Labute approximate surface area is 111 Å². The average molecular weight is 257 g/mol. The highest BCUT2D eigenvalue weighted by Crippen LogP contribution is 2.00. The quantitative estimate of drug-likeness (QED) is 0.736. The smallest absolute Gasteiger partial charge is 0.239 e. The molecule has 6 heteroatoms. The molecule has 0 atom stereocenters. The van der Waals surface area contributed by atoms with Crippen LogP contribution in [0.2, 0.25) is 0 Å². The summed E-state index contributed by atoms with van der Waals surface area (Å²) in [5, 5.41) is 5.60. The molecule has 0 aliphatic rings. The SMILES string of the molecule is Nc1ccnc(NCC(=O)NCc2ccccc2)n1. The third kappa shape index (κ3) is 4.27. The molecule has 1 amide bonds. The fourth-order valence-electron chi connectivity index (χ4n) is 1.48. The molecule has 0 radical (unpaired) electrons. The lowest BCUT2D eigenvalue weighted by atomic mass is 10.2. The standard InChI is InChI=1S/C13H15N5O/c14-11-6-7-15-13(18-11)17-9-12(19)16-8-10-4-2-1-3-5-10/h1-7H,8-9H2,(H,16,19)(H3,14,15,17,18). The van der Waals surface area contributed by atoms with Crippen LogP contribution in [0.5, 0.6) is 0 Å². The van der Waals surface area contributed by atoms with E-state index in [1.54, 1.807) is 6.07 Å². The summed E-state index contributed by atoms with van der Waals surface area (Å²) in [5.74, 6) is 0.576. The number of carbonyl (C=O) groups is 1. The fourth-order valence-corrected chi connectivity index (χ4v) is 1.48. The molecule has 0 aliphatic heterocycles. The predicted molar refractivity (Wildman–Crippen MR) is 73.2 cm³/mol. The number of rotatable bonds is 5. The van der Waals surface area contributed by atoms with Gasteiger partial charge in [0.2, 0.25) is 11.9 Å². The van der Waals surface area contributed by atoms with Crippen LogP contribution in [0.15, 0.2) is 42.6 Å². The van der Waals surface area contributed by atoms with Gasteiger partial charge in [0.1, 0.15) is 5.82 Å². The molecule has 1 aromatic carbocycles. The van der Waals surface area contributed by atoms with Crippen molar-refractivity contribution in [1.29, 1.82) is 0 Å². The van der Waals surface area contributed by atoms with E-state index < -0.39 is 0 Å². The number of aromatic nitrogens is 2. The summed E-state index contributed by atoms with van der Waals surface area (Å²) in [7, 11) is 0. The van der Waals surface area contributed by atoms with Crippen molar-refractivity contribution < 1.29 is 4.79 Å². The van der Waals surface area contributed by atoms with Crippen molar-refractivity contribution in [3.63, 3.8) is 0 Å². The zero-order chi connectivity index (χ0) is 13.5. The Morgan fingerprint density at radius 3 is 2.74 bits per heavy atom. The van der Waals surface area contributed by atoms with E-state index in [-0.39, 0.29) is 12.5 Å². The second kappa shape index (κ2) is 6.34. The van der Waals surface area contributed by atoms with E-state index >= 15 is 0 Å². The Morgan fingerprint density at radius 2 is 2.00 bits per heavy atom. The Hall–Kier alpha value is -2.63. The highest BCUT2D eigenvalue weighted by molar-refractivity contribution is 5.80. The lowest BCUT2D eigenvalue weighted by Crippen LogP contribution is -2.29. The molecule has 1 heterocycles. The summed E-state index contributed by atoms with van der Waals surface area (Å²) >= 11 is 0. The number of nitrogens with zero attached hydrogens (tertiary/aromatic N) is 2. The van der Waals surface area contributed by atoms with Gasteiger partial charge in [-0.15, -0.1) is 0 Å². The van der Waals surface area contributed by atoms with Crippen molar-refractivity contribution in [3.8, 4) is 0 Å². The van der Waals surface area contributed by atoms with Crippen LogP contribution in [0.4, 0.5) is 11.8 Å². The number of hydrogen-bond acceptors (Lipinski definition) is 5. The Kier molecular flexibility index (Phi) is 4.28. The van der Waals surface area contributed by atoms with Crippen molar-refractivity contribution >= 4 is 17.7 Å². The maximum atomic E-state index is 11.6. The lowest BCUT2D eigenvalue weighted by molar-refractivity contribution is -0.119. The van der Waals surface area contributed by atoms with E-state index in [1.807, 2.05) is 30.3 Å². The average Bonchev–Trinajstić information content (AvgIpc) is 2.44. The number of nitrogen functional groups attached to an aromatic ring is 1. The first kappa shape index (κ1) is 12.8. The van der Waals surface area contributed by atoms with Crippen molar-refractivity contribution in [2.75, 3.05) is 17.6 Å². The fraction of sp³-hybridized carbons (Fsp3) is 0.154. The zero-order valence-electron chi connectivity index (χ0n) is 10.3. The second-order valence-corrected chi connectivity index (χ2v) is 3.92. The Balaban J connectivity index is 1.76. The summed E-state index contributed by atoms with van der Waals surface area (Å²) in [4.78, 5) is 19.5. The van der Waals surface area contributed by atoms with Gasteiger partial charge in [-0.3, -0.25) is 4.79 Å². The van der Waals surface area contributed by atoms with E-state index in [9.17, 15) is 4.79 Å². The van der Waals surface area contributed by atoms with Crippen molar-refractivity contribution in [3.05, 3.63) is 48.2 Å². The minimum absolute atomic E-state index is 0.107. The zero-order valence-corrected chi connectivity index (χ0v) is 10.3. The number of nitrogens with one attached hydrogen (secondary N) is 2. The predicted octanol–water partition coefficient (Wildman–Crippen LogP) is 0.787. The molecule has 19 heavy (non-hydrogen) atoms. The van der Waals surface area contributed by atoms with E-state index in [2.05, 4.69) is 20.6 Å². The Bertz CT molecular complexity index is 544. The molecule has 2 aromatic rings. The van der Waals surface area contributed by atoms with Gasteiger partial charge in [0.05, 0.1) is 6.54 Å². The maximum absolute atomic E-state index is 11.6. The number of anilines is 2. The molecular formula is C13H15N5O. The molecule has 0 aliphatic carbocycles. The molecule has 0 bridgehead atoms. The normalized spacial score (nSPS) is 9.89. The summed E-state index contributed by atoms with van der Waals surface area (Å²) in [6.45, 7) is 0.607. The third-order valence-corrected chi connectivity index (χ3v) is 2.42. The number of benzene rings is 1. The Morgan fingerprint density at radius 1 is 1.21 bits per heavy atom. The number of nitrogens with two attached hydrogens (primary N) is 1. The minimum Gasteiger partial charge on any atom is -0.384 e. The molecule has 2 rings (SSSR count). The van der Waals surface area contributed by atoms with Crippen LogP contribution < -0.4 is 16.4 Å². The van der Waals surface area contributed by atoms with Crippen molar-refractivity contribution in [1.82, 2.24) is 15.3 Å². The van der Waals surface area contributed by atoms with Crippen LogP contribution in [0.3, 0.4) is 0 Å². The van der Waals surface area contributed by atoms with E-state index in [0.29, 0.717) is 18.3 Å². The van der Waals surface area contributed by atoms with Crippen molar-refractivity contribution in [2.45, 2.75) is 6.54 Å². The summed E-state index contributed by atoms with van der Waals surface area (Å²) < 4.78 is 0. The van der Waals surface area contributed by atoms with Gasteiger partial charge in [-0.2, -0.15) is 4.98 Å². The van der Waals surface area contributed by atoms with Gasteiger partial charge in [0, 0.05) is 12.7 Å². The second-order valence-electron chi connectivity index (χ2n) is 3.92. The molecular weight excluding hydrogens is 242 g/mol. The highest BCUT2D eigenvalue weighted by atomic mass is 16.1. The first-order chi connectivity index (χ1) is 9.24. The number of amides is 1. The van der Waals surface area contributed by atoms with E-state index in [4.69, 9.17) is 5.73 Å². The lowest BCUT2D eigenvalue weighted by Gasteiger charge is -2.06. The van der Waals surface area contributed by atoms with Crippen LogP contribution in [-0.2, 0) is 11.3 Å². The first-order valence-corrected chi connectivity index (χ1v) is 5.87. The largest absolute Gasteiger partial charge is 0.384 e. The summed E-state index contributed by atoms with van der Waals surface area (Å²) in [5.41, 5.74) is 6.56. The first-order valence-electron chi connectivity index (χ1n) is 5.87. The molecule has 98 valence electrons. The molecule has 0 fully saturated rings. The monoisotopic (exact) mass is 257 g/mol. The summed E-state index contributed by atoms with van der Waals surface area (Å²) in [6.07, 6.45) is 1.53. The van der Waals surface area contributed by atoms with Gasteiger partial charge in [-0.25, -0.2) is 4.98 Å². The van der Waals surface area contributed by atoms with Gasteiger partial charge in [0.15, 0.2) is 0 Å². The van der Waals surface area contributed by atoms with Gasteiger partial charge in [0.25, 0.3) is 0 Å². The van der Waals surface area contributed by atoms with Crippen LogP contribution in [0, 0.1) is 0 Å². The molecule has 0 saturated heterocycles. The minimum atomic E-state index is -0.130. The van der Waals surface area contributed by atoms with Gasteiger partial charge in [-0.1, -0.05) is 30.3 Å². The highest BCUT2D eigenvalue weighted by Gasteiger charge is 2.02. The molecule has 0 unspecified atom stereocenters. The van der Waals surface area contributed by atoms with Gasteiger partial charge in [-0.05, 0) is 11.6 Å². The molecule has 6 nitrogen and oxygen atoms in total. The molecule has 0 spiro atoms. The third-order valence-electron chi connectivity index (χ3n) is 2.42. The molecule has 0 saturated carbocycles. The molecule has 4 N–H and O–H groups in total. The topological polar surface area (TPSA) is 92.9 Å². The van der Waals surface area contributed by atoms with Crippen LogP contribution in [-0.4, -0.2) is 22.4 Å². The van der Waals surface area contributed by atoms with E-state index in [0.717, 1.165) is 5.56 Å². The number of hydrogen-bond donors (Lipinski definition) is 3.